The molecule has 0 saturated heterocycles. The van der Waals surface area contributed by atoms with E-state index < -0.39 is 10.0 Å². The van der Waals surface area contributed by atoms with Crippen molar-refractivity contribution in [3.8, 4) is 5.75 Å². The van der Waals surface area contributed by atoms with Gasteiger partial charge in [-0.1, -0.05) is 6.07 Å². The molecule has 0 aliphatic carbocycles. The van der Waals surface area contributed by atoms with Gasteiger partial charge in [0.2, 0.25) is 10.0 Å². The summed E-state index contributed by atoms with van der Waals surface area (Å²) in [6, 6.07) is 3.75. The lowest BCUT2D eigenvalue weighted by atomic mass is 10.0. The minimum atomic E-state index is -3.14. The minimum absolute atomic E-state index is 0.0984. The number of ether oxygens (including phenoxy) is 1. The fraction of sp³-hybridized carbons (Fsp3) is 0.500. The Kier molecular flexibility index (Phi) is 4.54. The van der Waals surface area contributed by atoms with Crippen LogP contribution >= 0.6 is 0 Å². The van der Waals surface area contributed by atoms with Crippen LogP contribution in [0, 0.1) is 13.8 Å². The molecule has 1 rings (SSSR count). The first-order chi connectivity index (χ1) is 7.91. The summed E-state index contributed by atoms with van der Waals surface area (Å²) in [5.41, 5.74) is 3.07. The molecule has 0 aliphatic rings. The van der Waals surface area contributed by atoms with Crippen molar-refractivity contribution in [1.82, 2.24) is 4.72 Å². The molecule has 0 heterocycles. The van der Waals surface area contributed by atoms with Gasteiger partial charge in [-0.15, -0.1) is 0 Å². The lowest BCUT2D eigenvalue weighted by molar-refractivity contribution is 0.411. The lowest BCUT2D eigenvalue weighted by Crippen LogP contribution is -2.25. The molecule has 0 saturated carbocycles. The second-order valence-corrected chi connectivity index (χ2v) is 6.00. The van der Waals surface area contributed by atoms with E-state index in [2.05, 4.69) is 4.72 Å². The van der Waals surface area contributed by atoms with E-state index in [1.165, 1.54) is 0 Å². The third-order valence-electron chi connectivity index (χ3n) is 2.93. The van der Waals surface area contributed by atoms with Crippen molar-refractivity contribution >= 4 is 10.0 Å². The van der Waals surface area contributed by atoms with Crippen LogP contribution in [-0.4, -0.2) is 21.3 Å². The highest BCUT2D eigenvalue weighted by Crippen LogP contribution is 2.23. The Morgan fingerprint density at radius 1 is 1.24 bits per heavy atom. The van der Waals surface area contributed by atoms with Gasteiger partial charge in [0.15, 0.2) is 0 Å². The van der Waals surface area contributed by atoms with E-state index >= 15 is 0 Å². The maximum atomic E-state index is 11.4. The van der Waals surface area contributed by atoms with Crippen molar-refractivity contribution in [3.05, 3.63) is 28.8 Å². The molecule has 0 spiro atoms. The molecule has 0 radical (unpaired) electrons. The van der Waals surface area contributed by atoms with Gasteiger partial charge in [0.1, 0.15) is 5.75 Å². The third-order valence-corrected chi connectivity index (χ3v) is 4.28. The number of benzene rings is 1. The second kappa shape index (κ2) is 5.51. The average Bonchev–Trinajstić information content (AvgIpc) is 2.31. The van der Waals surface area contributed by atoms with Crippen molar-refractivity contribution in [2.45, 2.75) is 27.3 Å². The van der Waals surface area contributed by atoms with Gasteiger partial charge in [0.05, 0.1) is 12.9 Å². The molecule has 4 nitrogen and oxygen atoms in total. The van der Waals surface area contributed by atoms with E-state index in [0.29, 0.717) is 6.54 Å². The Balaban J connectivity index is 2.91. The maximum Gasteiger partial charge on any atom is 0.211 e. The fourth-order valence-corrected chi connectivity index (χ4v) is 2.13. The molecule has 0 amide bonds. The molecule has 5 heteroatoms. The molecule has 1 aromatic rings. The summed E-state index contributed by atoms with van der Waals surface area (Å²) in [6.45, 7) is 5.88. The van der Waals surface area contributed by atoms with Crippen LogP contribution in [0.25, 0.3) is 0 Å². The summed E-state index contributed by atoms with van der Waals surface area (Å²) >= 11 is 0. The minimum Gasteiger partial charge on any atom is -0.496 e. The number of methoxy groups -OCH3 is 1. The number of rotatable bonds is 5. The first-order valence-corrected chi connectivity index (χ1v) is 7.17. The van der Waals surface area contributed by atoms with Gasteiger partial charge in [-0.05, 0) is 43.5 Å². The fourth-order valence-electron chi connectivity index (χ4n) is 1.55. The Bertz CT molecular complexity index is 495. The zero-order valence-corrected chi connectivity index (χ0v) is 11.5. The Morgan fingerprint density at radius 3 is 2.41 bits per heavy atom. The Hall–Kier alpha value is -1.07. The number of hydrogen-bond donors (Lipinski definition) is 1. The van der Waals surface area contributed by atoms with Crippen molar-refractivity contribution in [3.63, 3.8) is 0 Å². The van der Waals surface area contributed by atoms with Crippen LogP contribution in [0.1, 0.15) is 23.6 Å². The van der Waals surface area contributed by atoms with Crippen molar-refractivity contribution in [2.24, 2.45) is 0 Å². The first kappa shape index (κ1) is 14.0. The van der Waals surface area contributed by atoms with Crippen LogP contribution in [0.4, 0.5) is 0 Å². The van der Waals surface area contributed by atoms with Gasteiger partial charge >= 0.3 is 0 Å². The largest absolute Gasteiger partial charge is 0.496 e. The summed E-state index contributed by atoms with van der Waals surface area (Å²) in [7, 11) is -1.52. The third kappa shape index (κ3) is 3.44. The Morgan fingerprint density at radius 2 is 1.88 bits per heavy atom. The molecule has 0 bridgehead atoms. The molecule has 0 unspecified atom stereocenters. The predicted octanol–water partition coefficient (Wildman–Crippen LogP) is 1.75. The normalized spacial score (nSPS) is 11.5. The Labute approximate surface area is 103 Å². The molecule has 0 fully saturated rings. The molecule has 0 aromatic heterocycles. The molecule has 1 N–H and O–H groups in total. The molecule has 96 valence electrons. The molecular weight excluding hydrogens is 238 g/mol. The highest BCUT2D eigenvalue weighted by molar-refractivity contribution is 7.89. The molecule has 17 heavy (non-hydrogen) atoms. The van der Waals surface area contributed by atoms with Gasteiger partial charge in [-0.3, -0.25) is 0 Å². The van der Waals surface area contributed by atoms with Crippen molar-refractivity contribution in [2.75, 3.05) is 12.9 Å². The van der Waals surface area contributed by atoms with Crippen LogP contribution < -0.4 is 9.46 Å². The van der Waals surface area contributed by atoms with Crippen LogP contribution in [0.3, 0.4) is 0 Å². The second-order valence-electron chi connectivity index (χ2n) is 3.90. The van der Waals surface area contributed by atoms with Crippen LogP contribution in [0.2, 0.25) is 0 Å². The first-order valence-electron chi connectivity index (χ1n) is 5.51. The zero-order valence-electron chi connectivity index (χ0n) is 10.7. The maximum absolute atomic E-state index is 11.4. The van der Waals surface area contributed by atoms with Gasteiger partial charge in [-0.25, -0.2) is 13.1 Å². The van der Waals surface area contributed by atoms with Crippen molar-refractivity contribution < 1.29 is 13.2 Å². The standard InChI is InChI=1S/C12H19NO3S/c1-5-17(14,15)13-8-11-6-7-12(16-4)10(3)9(11)2/h6-7,13H,5,8H2,1-4H3. The highest BCUT2D eigenvalue weighted by Gasteiger charge is 2.10. The van der Waals surface area contributed by atoms with Crippen LogP contribution in [0.5, 0.6) is 5.75 Å². The van der Waals surface area contributed by atoms with E-state index in [-0.39, 0.29) is 5.75 Å². The molecule has 1 aromatic carbocycles. The number of nitrogens with one attached hydrogen (secondary N) is 1. The summed E-state index contributed by atoms with van der Waals surface area (Å²) in [5, 5.41) is 0. The predicted molar refractivity (Wildman–Crippen MR) is 68.8 cm³/mol. The van der Waals surface area contributed by atoms with E-state index in [4.69, 9.17) is 4.74 Å². The summed E-state index contributed by atoms with van der Waals surface area (Å²) in [6.07, 6.45) is 0. The quantitative estimate of drug-likeness (QED) is 0.874. The lowest BCUT2D eigenvalue weighted by Gasteiger charge is -2.13. The van der Waals surface area contributed by atoms with Gasteiger partial charge in [0.25, 0.3) is 0 Å². The van der Waals surface area contributed by atoms with E-state index in [9.17, 15) is 8.42 Å². The smallest absolute Gasteiger partial charge is 0.211 e. The summed E-state index contributed by atoms with van der Waals surface area (Å²) in [4.78, 5) is 0. The topological polar surface area (TPSA) is 55.4 Å². The van der Waals surface area contributed by atoms with Crippen LogP contribution in [0.15, 0.2) is 12.1 Å². The van der Waals surface area contributed by atoms with Crippen molar-refractivity contribution in [1.29, 1.82) is 0 Å². The zero-order chi connectivity index (χ0) is 13.1. The van der Waals surface area contributed by atoms with E-state index in [0.717, 1.165) is 22.4 Å². The van der Waals surface area contributed by atoms with Crippen LogP contribution in [-0.2, 0) is 16.6 Å². The highest BCUT2D eigenvalue weighted by atomic mass is 32.2. The molecular formula is C12H19NO3S. The SMILES string of the molecule is CCS(=O)(=O)NCc1ccc(OC)c(C)c1C. The molecule has 0 aliphatic heterocycles. The van der Waals surface area contributed by atoms with Gasteiger partial charge < -0.3 is 4.74 Å². The van der Waals surface area contributed by atoms with E-state index in [1.807, 2.05) is 26.0 Å². The van der Waals surface area contributed by atoms with Gasteiger partial charge in [-0.2, -0.15) is 0 Å². The summed E-state index contributed by atoms with van der Waals surface area (Å²) < 4.78 is 30.5. The molecule has 0 atom stereocenters. The summed E-state index contributed by atoms with van der Waals surface area (Å²) in [5.74, 6) is 0.922. The van der Waals surface area contributed by atoms with E-state index in [1.54, 1.807) is 14.0 Å². The average molecular weight is 257 g/mol. The van der Waals surface area contributed by atoms with Gasteiger partial charge in [0, 0.05) is 6.54 Å². The number of hydrogen-bond acceptors (Lipinski definition) is 3. The number of sulfonamides is 1. The monoisotopic (exact) mass is 257 g/mol.